The molecule has 10 bridgehead atoms. The summed E-state index contributed by atoms with van der Waals surface area (Å²) in [5.74, 6) is -1.55. The molecule has 14 heteroatoms. The number of ether oxygens (including phenoxy) is 2. The highest BCUT2D eigenvalue weighted by Gasteiger charge is 2.67. The van der Waals surface area contributed by atoms with Gasteiger partial charge in [-0.2, -0.15) is 0 Å². The molecule has 6 aliphatic carbocycles. The van der Waals surface area contributed by atoms with Crippen molar-refractivity contribution in [2.75, 3.05) is 25.5 Å². The van der Waals surface area contributed by atoms with Crippen LogP contribution in [0.4, 0.5) is 0 Å². The molecule has 0 aromatic rings. The van der Waals surface area contributed by atoms with E-state index in [1.165, 1.54) is 5.57 Å². The van der Waals surface area contributed by atoms with Gasteiger partial charge >= 0.3 is 0 Å². The van der Waals surface area contributed by atoms with Crippen LogP contribution in [0, 0.1) is 58.2 Å². The molecule has 5 saturated heterocycles. The zero-order valence-corrected chi connectivity index (χ0v) is 34.9. The first kappa shape index (κ1) is 40.8. The minimum atomic E-state index is -2.08. The van der Waals surface area contributed by atoms with Crippen LogP contribution in [-0.4, -0.2) is 116 Å². The Hall–Kier alpha value is -1.30. The monoisotopic (exact) mass is 842 g/mol. The maximum absolute atomic E-state index is 15.5. The Morgan fingerprint density at radius 3 is 2.57 bits per heavy atom. The number of Topliss-reactive ketones (excluding diaryl/α,β-unsaturated/α-hetero) is 2. The molecule has 0 radical (unpaired) electrons. The van der Waals surface area contributed by atoms with E-state index in [0.29, 0.717) is 31.6 Å². The number of ketones is 2. The third kappa shape index (κ3) is 6.26. The second-order valence-corrected chi connectivity index (χ2v) is 22.4. The molecule has 8 unspecified atom stereocenters. The number of hydrogen-bond donors (Lipinski definition) is 8. The van der Waals surface area contributed by atoms with Crippen molar-refractivity contribution in [1.82, 2.24) is 10.6 Å². The molecular formula is C44H62N2O10S2. The maximum atomic E-state index is 15.5. The Morgan fingerprint density at radius 2 is 1.74 bits per heavy atom. The maximum Gasteiger partial charge on any atom is 0.187 e. The lowest BCUT2D eigenvalue weighted by molar-refractivity contribution is -0.351. The molecule has 320 valence electrons. The van der Waals surface area contributed by atoms with Gasteiger partial charge in [-0.25, -0.2) is 0 Å². The zero-order valence-electron chi connectivity index (χ0n) is 33.3. The molecule has 0 aromatic carbocycles. The second kappa shape index (κ2) is 15.5. The lowest BCUT2D eigenvalue weighted by Crippen LogP contribution is -2.71. The van der Waals surface area contributed by atoms with Crippen LogP contribution in [0.25, 0.3) is 0 Å². The summed E-state index contributed by atoms with van der Waals surface area (Å²) in [5.41, 5.74) is -1.74. The first-order valence-electron chi connectivity index (χ1n) is 22.3. The first-order chi connectivity index (χ1) is 28.0. The molecule has 6 heterocycles. The second-order valence-electron chi connectivity index (χ2n) is 19.8. The summed E-state index contributed by atoms with van der Waals surface area (Å²) < 4.78 is 12.8. The van der Waals surface area contributed by atoms with E-state index in [9.17, 15) is 35.4 Å². The Bertz CT molecular complexity index is 1740. The molecule has 6 aliphatic heterocycles. The lowest BCUT2D eigenvalue weighted by Gasteiger charge is -2.60. The van der Waals surface area contributed by atoms with Crippen LogP contribution in [0.2, 0.25) is 0 Å². The highest BCUT2D eigenvalue weighted by atomic mass is 33.1. The smallest absolute Gasteiger partial charge is 0.187 e. The molecular weight excluding hydrogens is 781 g/mol. The predicted molar refractivity (Wildman–Crippen MR) is 218 cm³/mol. The van der Waals surface area contributed by atoms with Gasteiger partial charge in [0, 0.05) is 24.2 Å². The van der Waals surface area contributed by atoms with Crippen LogP contribution < -0.4 is 10.6 Å². The van der Waals surface area contributed by atoms with E-state index < -0.39 is 71.5 Å². The quantitative estimate of drug-likeness (QED) is 0.151. The highest BCUT2D eigenvalue weighted by molar-refractivity contribution is 8.76. The first-order valence-corrected chi connectivity index (χ1v) is 24.7. The molecule has 4 saturated carbocycles. The van der Waals surface area contributed by atoms with Gasteiger partial charge in [0.25, 0.3) is 0 Å². The molecule has 58 heavy (non-hydrogen) atoms. The Morgan fingerprint density at radius 1 is 0.914 bits per heavy atom. The Labute approximate surface area is 348 Å². The molecule has 12 nitrogen and oxygen atoms in total. The molecule has 12 rings (SSSR count). The summed E-state index contributed by atoms with van der Waals surface area (Å²) in [7, 11) is 3.22. The molecule has 0 amide bonds. The van der Waals surface area contributed by atoms with Crippen LogP contribution in [0.1, 0.15) is 89.9 Å². The summed E-state index contributed by atoms with van der Waals surface area (Å²) in [6, 6.07) is 0. The van der Waals surface area contributed by atoms with Gasteiger partial charge in [-0.1, -0.05) is 65.0 Å². The van der Waals surface area contributed by atoms with Crippen molar-refractivity contribution in [3.8, 4) is 0 Å². The third-order valence-corrected chi connectivity index (χ3v) is 19.7. The van der Waals surface area contributed by atoms with E-state index >= 15 is 4.79 Å². The Balaban J connectivity index is 1.05. The van der Waals surface area contributed by atoms with Gasteiger partial charge in [0.1, 0.15) is 40.9 Å². The average Bonchev–Trinajstić information content (AvgIpc) is 3.63. The van der Waals surface area contributed by atoms with Gasteiger partial charge in [0.2, 0.25) is 0 Å². The standard InChI is InChI=1S/C44H62N2O10S2/c47-18-23-5-1-4-22(12-23)13-24-14-29-36(50)27-7-2-8-30-35(27)38(52)43(29,32(49)15-24)21-57-58-33-17-25-16-26-6-3-10-42(26,28-9-11-45-40(46-33)34(25)28)20-44(54)37(51)31(19-48)56-41(55-30)39(44)53/h14-16,22-23,26-31,33-35,37,39-41,45-49,51,53-54H,1-13,17-21H2/t22?,23?,26-,27?,28?,29-,30?,31+,33-,34?,35?,37+,39-,40?,41+,42-,43-,44+/m0/s1. The zero-order chi connectivity index (χ0) is 40.1. The molecule has 9 fully saturated rings. The number of carbonyl (C=O) groups excluding carboxylic acids is 2. The van der Waals surface area contributed by atoms with Crippen LogP contribution >= 0.6 is 21.6 Å². The summed E-state index contributed by atoms with van der Waals surface area (Å²) in [6.07, 6.45) is 9.96. The van der Waals surface area contributed by atoms with Gasteiger partial charge in [0.15, 0.2) is 12.1 Å². The SMILES string of the molecule is O=C1C2CCCC3O[C@@H]4O[C@H](CO)[C@@H](O)[C@](O)(C[C@@]56CCC[C@H]5C=C5C[C@@H](NC7NCCC6C57)SSC[C@@]5(C(=O)C32)C(O)=CC(CC2CCCC(CO)C2)=C[C@@H]15)[C@H]4O. The van der Waals surface area contributed by atoms with Crippen molar-refractivity contribution in [3.05, 3.63) is 35.1 Å². The molecule has 18 atom stereocenters. The summed E-state index contributed by atoms with van der Waals surface area (Å²) in [4.78, 5) is 30.4. The fourth-order valence-electron chi connectivity index (χ4n) is 14.4. The van der Waals surface area contributed by atoms with Crippen LogP contribution in [0.3, 0.4) is 0 Å². The normalized spacial score (nSPS) is 51.5. The minimum absolute atomic E-state index is 0.0141. The van der Waals surface area contributed by atoms with Gasteiger partial charge < -0.3 is 45.4 Å². The van der Waals surface area contributed by atoms with Gasteiger partial charge in [-0.05, 0) is 111 Å². The third-order valence-electron chi connectivity index (χ3n) is 17.0. The lowest BCUT2D eigenvalue weighted by atomic mass is 9.51. The van der Waals surface area contributed by atoms with E-state index in [0.717, 1.165) is 69.9 Å². The van der Waals surface area contributed by atoms with E-state index in [2.05, 4.69) is 16.7 Å². The van der Waals surface area contributed by atoms with Gasteiger partial charge in [-0.3, -0.25) is 14.9 Å². The number of rotatable bonds is 4. The van der Waals surface area contributed by atoms with Gasteiger partial charge in [0.05, 0.1) is 36.1 Å². The average molecular weight is 843 g/mol. The number of piperidine rings is 2. The van der Waals surface area contributed by atoms with E-state index in [-0.39, 0.29) is 71.3 Å². The number of aliphatic hydroxyl groups excluding tert-OH is 5. The topological polar surface area (TPSA) is 198 Å². The number of allylic oxidation sites excluding steroid dienone is 5. The van der Waals surface area contributed by atoms with Crippen LogP contribution in [0.15, 0.2) is 35.1 Å². The van der Waals surface area contributed by atoms with E-state index in [1.54, 1.807) is 27.7 Å². The fraction of sp³-hybridized carbons (Fsp3) is 0.818. The van der Waals surface area contributed by atoms with Crippen molar-refractivity contribution in [2.45, 2.75) is 138 Å². The largest absolute Gasteiger partial charge is 0.511 e. The van der Waals surface area contributed by atoms with Crippen molar-refractivity contribution in [3.63, 3.8) is 0 Å². The number of aliphatic hydroxyl groups is 6. The van der Waals surface area contributed by atoms with Crippen molar-refractivity contribution >= 4 is 33.2 Å². The summed E-state index contributed by atoms with van der Waals surface area (Å²) in [5, 5.41) is 77.3. The number of nitrogens with one attached hydrogen (secondary N) is 2. The molecule has 2 spiro atoms. The summed E-state index contributed by atoms with van der Waals surface area (Å²) in [6.45, 7) is 0.332. The predicted octanol–water partition coefficient (Wildman–Crippen LogP) is 3.67. The van der Waals surface area contributed by atoms with Crippen molar-refractivity contribution in [1.29, 1.82) is 0 Å². The van der Waals surface area contributed by atoms with Crippen molar-refractivity contribution < 1.29 is 49.7 Å². The van der Waals surface area contributed by atoms with E-state index in [4.69, 9.17) is 9.47 Å². The Kier molecular flexibility index (Phi) is 10.9. The minimum Gasteiger partial charge on any atom is -0.511 e. The van der Waals surface area contributed by atoms with Gasteiger partial charge in [-0.15, -0.1) is 0 Å². The van der Waals surface area contributed by atoms with Crippen LogP contribution in [-0.2, 0) is 19.1 Å². The molecule has 8 N–H and O–H groups in total. The highest BCUT2D eigenvalue weighted by Crippen LogP contribution is 2.64. The van der Waals surface area contributed by atoms with Crippen molar-refractivity contribution in [2.24, 2.45) is 58.2 Å². The fourth-order valence-corrected chi connectivity index (χ4v) is 17.3. The van der Waals surface area contributed by atoms with Crippen LogP contribution in [0.5, 0.6) is 0 Å². The summed E-state index contributed by atoms with van der Waals surface area (Å²) >= 11 is 0. The van der Waals surface area contributed by atoms with E-state index in [1.807, 2.05) is 6.08 Å². The molecule has 12 aliphatic rings. The number of hydrogen-bond acceptors (Lipinski definition) is 14. The number of carbonyl (C=O) groups is 2. The molecule has 0 aromatic heterocycles.